The second-order valence-electron chi connectivity index (χ2n) is 5.39. The minimum atomic E-state index is -0.876. The Hall–Kier alpha value is -0.860. The van der Waals surface area contributed by atoms with Crippen molar-refractivity contribution in [2.24, 2.45) is 0 Å². The predicted octanol–water partition coefficient (Wildman–Crippen LogP) is 4.97. The fourth-order valence-corrected chi connectivity index (χ4v) is 1.96. The summed E-state index contributed by atoms with van der Waals surface area (Å²) in [6.07, 6.45) is 6.57. The van der Waals surface area contributed by atoms with E-state index in [1.165, 1.54) is 25.7 Å². The average molecular weight is 272 g/mol. The van der Waals surface area contributed by atoms with Crippen LogP contribution in [-0.2, 0) is 9.53 Å². The van der Waals surface area contributed by atoms with Gasteiger partial charge in [-0.2, -0.15) is 0 Å². The summed E-state index contributed by atoms with van der Waals surface area (Å²) in [5.41, 5.74) is 0.359. The number of hydrogen-bond donors (Lipinski definition) is 0. The van der Waals surface area contributed by atoms with Gasteiger partial charge in [-0.1, -0.05) is 52.0 Å². The molecule has 0 fully saturated rings. The number of esters is 1. The normalized spacial score (nSPS) is 13.9. The van der Waals surface area contributed by atoms with Crippen molar-refractivity contribution in [2.75, 3.05) is 0 Å². The Morgan fingerprint density at radius 1 is 1.21 bits per heavy atom. The highest BCUT2D eigenvalue weighted by atomic mass is 19.1. The van der Waals surface area contributed by atoms with E-state index in [0.717, 1.165) is 12.8 Å². The van der Waals surface area contributed by atoms with Gasteiger partial charge in [0.1, 0.15) is 12.3 Å². The monoisotopic (exact) mass is 272 g/mol. The zero-order valence-electron chi connectivity index (χ0n) is 12.7. The molecule has 0 N–H and O–H groups in total. The third-order valence-electron chi connectivity index (χ3n) is 3.12. The number of alkyl halides is 1. The van der Waals surface area contributed by atoms with E-state index in [2.05, 4.69) is 13.5 Å². The summed E-state index contributed by atoms with van der Waals surface area (Å²) in [7, 11) is 0. The molecule has 3 heteroatoms. The summed E-state index contributed by atoms with van der Waals surface area (Å²) >= 11 is 0. The van der Waals surface area contributed by atoms with E-state index in [4.69, 9.17) is 4.74 Å². The van der Waals surface area contributed by atoms with E-state index < -0.39 is 12.1 Å². The summed E-state index contributed by atoms with van der Waals surface area (Å²) in [6.45, 7) is 9.02. The lowest BCUT2D eigenvalue weighted by Crippen LogP contribution is -2.19. The minimum Gasteiger partial charge on any atom is -0.459 e. The smallest absolute Gasteiger partial charge is 0.333 e. The first-order valence-electron chi connectivity index (χ1n) is 7.47. The van der Waals surface area contributed by atoms with Crippen LogP contribution in [0.1, 0.15) is 72.1 Å². The molecule has 0 saturated heterocycles. The Bertz CT molecular complexity index is 263. The minimum absolute atomic E-state index is 0.286. The van der Waals surface area contributed by atoms with Gasteiger partial charge >= 0.3 is 5.97 Å². The Morgan fingerprint density at radius 2 is 1.79 bits per heavy atom. The van der Waals surface area contributed by atoms with E-state index in [1.807, 2.05) is 0 Å². The van der Waals surface area contributed by atoms with Gasteiger partial charge in [0.2, 0.25) is 0 Å². The van der Waals surface area contributed by atoms with Crippen LogP contribution in [0.2, 0.25) is 0 Å². The van der Waals surface area contributed by atoms with Crippen molar-refractivity contribution in [3.63, 3.8) is 0 Å². The second kappa shape index (κ2) is 11.0. The predicted molar refractivity (Wildman–Crippen MR) is 77.9 cm³/mol. The van der Waals surface area contributed by atoms with Crippen molar-refractivity contribution < 1.29 is 13.9 Å². The number of halogens is 1. The maximum Gasteiger partial charge on any atom is 0.333 e. The molecule has 0 heterocycles. The molecule has 112 valence electrons. The molecule has 0 aromatic carbocycles. The molecule has 0 aliphatic heterocycles. The van der Waals surface area contributed by atoms with Gasteiger partial charge in [0, 0.05) is 12.0 Å². The highest BCUT2D eigenvalue weighted by Crippen LogP contribution is 2.15. The number of hydrogen-bond acceptors (Lipinski definition) is 2. The SMILES string of the molecule is C=C(C)C(=O)OC(C)CC(F)CCCCCCCC. The van der Waals surface area contributed by atoms with Crippen molar-refractivity contribution in [3.8, 4) is 0 Å². The maximum atomic E-state index is 13.7. The maximum absolute atomic E-state index is 13.7. The van der Waals surface area contributed by atoms with Crippen LogP contribution >= 0.6 is 0 Å². The van der Waals surface area contributed by atoms with Crippen molar-refractivity contribution in [1.29, 1.82) is 0 Å². The van der Waals surface area contributed by atoms with Crippen molar-refractivity contribution in [1.82, 2.24) is 0 Å². The average Bonchev–Trinajstić information content (AvgIpc) is 2.33. The zero-order valence-corrected chi connectivity index (χ0v) is 12.7. The number of carbonyl (C=O) groups is 1. The standard InChI is InChI=1S/C16H29FO2/c1-5-6-7-8-9-10-11-15(17)12-14(4)19-16(18)13(2)3/h14-15H,2,5-12H2,1,3-4H3. The van der Waals surface area contributed by atoms with Gasteiger partial charge in [-0.05, 0) is 20.3 Å². The molecule has 0 aliphatic rings. The van der Waals surface area contributed by atoms with E-state index in [-0.39, 0.29) is 12.5 Å². The second-order valence-corrected chi connectivity index (χ2v) is 5.39. The summed E-state index contributed by atoms with van der Waals surface area (Å²) in [6, 6.07) is 0. The van der Waals surface area contributed by atoms with Crippen LogP contribution in [0.25, 0.3) is 0 Å². The van der Waals surface area contributed by atoms with Crippen LogP contribution in [0.15, 0.2) is 12.2 Å². The fraction of sp³-hybridized carbons (Fsp3) is 0.812. The van der Waals surface area contributed by atoms with Crippen LogP contribution in [-0.4, -0.2) is 18.2 Å². The van der Waals surface area contributed by atoms with Crippen molar-refractivity contribution >= 4 is 5.97 Å². The van der Waals surface area contributed by atoms with Gasteiger partial charge in [-0.25, -0.2) is 9.18 Å². The van der Waals surface area contributed by atoms with E-state index >= 15 is 0 Å². The zero-order chi connectivity index (χ0) is 14.7. The molecule has 0 amide bonds. The van der Waals surface area contributed by atoms with Gasteiger partial charge in [0.25, 0.3) is 0 Å². The molecule has 0 aromatic rings. The van der Waals surface area contributed by atoms with Gasteiger partial charge < -0.3 is 4.74 Å². The number of carbonyl (C=O) groups excluding carboxylic acids is 1. The van der Waals surface area contributed by atoms with Crippen LogP contribution in [0.5, 0.6) is 0 Å². The molecular weight excluding hydrogens is 243 g/mol. The third-order valence-corrected chi connectivity index (χ3v) is 3.12. The largest absolute Gasteiger partial charge is 0.459 e. The lowest BCUT2D eigenvalue weighted by Gasteiger charge is -2.15. The topological polar surface area (TPSA) is 26.3 Å². The highest BCUT2D eigenvalue weighted by molar-refractivity contribution is 5.87. The number of ether oxygens (including phenoxy) is 1. The Labute approximate surface area is 117 Å². The molecule has 0 rings (SSSR count). The molecule has 2 atom stereocenters. The molecule has 0 spiro atoms. The van der Waals surface area contributed by atoms with Crippen LogP contribution in [0.4, 0.5) is 4.39 Å². The first kappa shape index (κ1) is 18.1. The number of rotatable bonds is 11. The molecule has 0 radical (unpaired) electrons. The Balaban J connectivity index is 3.59. The first-order valence-corrected chi connectivity index (χ1v) is 7.47. The third kappa shape index (κ3) is 10.7. The lowest BCUT2D eigenvalue weighted by molar-refractivity contribution is -0.144. The summed E-state index contributed by atoms with van der Waals surface area (Å²) in [4.78, 5) is 11.3. The Morgan fingerprint density at radius 3 is 2.37 bits per heavy atom. The highest BCUT2D eigenvalue weighted by Gasteiger charge is 2.15. The van der Waals surface area contributed by atoms with Gasteiger partial charge in [-0.3, -0.25) is 0 Å². The van der Waals surface area contributed by atoms with Gasteiger partial charge in [0.05, 0.1) is 0 Å². The molecule has 2 nitrogen and oxygen atoms in total. The van der Waals surface area contributed by atoms with Crippen molar-refractivity contribution in [2.45, 2.75) is 84.4 Å². The fourth-order valence-electron chi connectivity index (χ4n) is 1.96. The number of unbranched alkanes of at least 4 members (excludes halogenated alkanes) is 5. The molecular formula is C16H29FO2. The molecule has 0 saturated carbocycles. The van der Waals surface area contributed by atoms with Crippen molar-refractivity contribution in [3.05, 3.63) is 12.2 Å². The molecule has 0 aromatic heterocycles. The first-order chi connectivity index (χ1) is 8.97. The van der Waals surface area contributed by atoms with E-state index in [1.54, 1.807) is 13.8 Å². The molecule has 0 aliphatic carbocycles. The summed E-state index contributed by atoms with van der Waals surface area (Å²) in [5, 5.41) is 0. The van der Waals surface area contributed by atoms with Crippen LogP contribution in [0.3, 0.4) is 0 Å². The van der Waals surface area contributed by atoms with Crippen LogP contribution < -0.4 is 0 Å². The van der Waals surface area contributed by atoms with E-state index in [0.29, 0.717) is 12.0 Å². The molecule has 19 heavy (non-hydrogen) atoms. The molecule has 2 unspecified atom stereocenters. The van der Waals surface area contributed by atoms with Gasteiger partial charge in [0.15, 0.2) is 0 Å². The Kier molecular flexibility index (Phi) is 10.5. The van der Waals surface area contributed by atoms with Gasteiger partial charge in [-0.15, -0.1) is 0 Å². The summed E-state index contributed by atoms with van der Waals surface area (Å²) in [5.74, 6) is -0.431. The van der Waals surface area contributed by atoms with Crippen LogP contribution in [0, 0.1) is 0 Å². The summed E-state index contributed by atoms with van der Waals surface area (Å²) < 4.78 is 18.7. The van der Waals surface area contributed by atoms with E-state index in [9.17, 15) is 9.18 Å². The molecule has 0 bridgehead atoms. The lowest BCUT2D eigenvalue weighted by atomic mass is 10.0. The quantitative estimate of drug-likeness (QED) is 0.301.